The lowest BCUT2D eigenvalue weighted by Crippen LogP contribution is -2.39. The lowest BCUT2D eigenvalue weighted by atomic mass is 10.0. The number of carbonyl (C=O) groups is 1. The summed E-state index contributed by atoms with van der Waals surface area (Å²) in [6, 6.07) is 8.31. The smallest absolute Gasteiger partial charge is 0.338 e. The van der Waals surface area contributed by atoms with Crippen molar-refractivity contribution >= 4 is 57.9 Å². The molecule has 1 aliphatic heterocycles. The summed E-state index contributed by atoms with van der Waals surface area (Å²) in [5.74, 6) is -0.468. The van der Waals surface area contributed by atoms with E-state index in [4.69, 9.17) is 27.9 Å². The molecule has 2 aromatic heterocycles. The van der Waals surface area contributed by atoms with E-state index in [1.54, 1.807) is 49.6 Å². The highest BCUT2D eigenvalue weighted by molar-refractivity contribution is 7.10. The van der Waals surface area contributed by atoms with Crippen LogP contribution in [0.25, 0.3) is 6.08 Å². The fourth-order valence-electron chi connectivity index (χ4n) is 3.34. The Bertz CT molecular complexity index is 1370. The normalized spacial score (nSPS) is 16.5. The standard InChI is InChI=1S/C22H18Cl2N2O3S2/c1-11(2)29-21(28)18-12(3)25-22-26(19(18)16-5-4-8-30-16)20(27)17(31-22)9-13-6-7-14(23)10-15(13)24/h4-11,19H,1-3H3/b17-9+/t19-/m0/s1. The van der Waals surface area contributed by atoms with Gasteiger partial charge in [-0.3, -0.25) is 9.36 Å². The number of esters is 1. The van der Waals surface area contributed by atoms with Gasteiger partial charge in [0.2, 0.25) is 0 Å². The molecule has 0 aliphatic carbocycles. The van der Waals surface area contributed by atoms with E-state index in [1.165, 1.54) is 22.7 Å². The quantitative estimate of drug-likeness (QED) is 0.501. The van der Waals surface area contributed by atoms with Gasteiger partial charge in [0.1, 0.15) is 6.04 Å². The molecule has 0 radical (unpaired) electrons. The molecule has 9 heteroatoms. The number of nitrogens with zero attached hydrogens (tertiary/aromatic N) is 2. The van der Waals surface area contributed by atoms with Crippen molar-refractivity contribution in [3.8, 4) is 0 Å². The van der Waals surface area contributed by atoms with Crippen LogP contribution in [0, 0.1) is 0 Å². The molecule has 4 rings (SSSR count). The summed E-state index contributed by atoms with van der Waals surface area (Å²) >= 11 is 15.0. The van der Waals surface area contributed by atoms with Gasteiger partial charge >= 0.3 is 5.97 Å². The zero-order valence-corrected chi connectivity index (χ0v) is 20.0. The van der Waals surface area contributed by atoms with Crippen LogP contribution in [0.3, 0.4) is 0 Å². The van der Waals surface area contributed by atoms with Crippen molar-refractivity contribution < 1.29 is 9.53 Å². The number of aromatic nitrogens is 1. The third kappa shape index (κ3) is 4.28. The van der Waals surface area contributed by atoms with Crippen molar-refractivity contribution in [1.82, 2.24) is 4.57 Å². The third-order valence-electron chi connectivity index (χ3n) is 4.65. The molecule has 160 valence electrons. The van der Waals surface area contributed by atoms with Gasteiger partial charge in [-0.15, -0.1) is 11.3 Å². The van der Waals surface area contributed by atoms with Crippen LogP contribution in [0.1, 0.15) is 37.3 Å². The maximum absolute atomic E-state index is 13.4. The van der Waals surface area contributed by atoms with E-state index < -0.39 is 12.0 Å². The van der Waals surface area contributed by atoms with E-state index >= 15 is 0 Å². The molecule has 0 saturated carbocycles. The summed E-state index contributed by atoms with van der Waals surface area (Å²) in [6.07, 6.45) is 1.44. The van der Waals surface area contributed by atoms with Crippen LogP contribution in [0.5, 0.6) is 0 Å². The Morgan fingerprint density at radius 1 is 1.29 bits per heavy atom. The van der Waals surface area contributed by atoms with Crippen molar-refractivity contribution in [2.75, 3.05) is 0 Å². The minimum Gasteiger partial charge on any atom is -0.459 e. The summed E-state index contributed by atoms with van der Waals surface area (Å²) < 4.78 is 7.50. The van der Waals surface area contributed by atoms with Crippen LogP contribution in [0.2, 0.25) is 10.0 Å². The number of fused-ring (bicyclic) bond motifs is 1. The van der Waals surface area contributed by atoms with E-state index in [2.05, 4.69) is 4.99 Å². The average Bonchev–Trinajstić information content (AvgIpc) is 3.31. The fourth-order valence-corrected chi connectivity index (χ4v) is 5.66. The van der Waals surface area contributed by atoms with Crippen LogP contribution in [0.15, 0.2) is 56.8 Å². The lowest BCUT2D eigenvalue weighted by molar-refractivity contribution is -0.143. The van der Waals surface area contributed by atoms with E-state index in [9.17, 15) is 9.59 Å². The van der Waals surface area contributed by atoms with Gasteiger partial charge in [0.05, 0.1) is 21.9 Å². The molecule has 0 N–H and O–H groups in total. The number of carbonyl (C=O) groups excluding carboxylic acids is 1. The fraction of sp³-hybridized carbons (Fsp3) is 0.227. The van der Waals surface area contributed by atoms with Crippen LogP contribution in [-0.4, -0.2) is 16.6 Å². The first-order chi connectivity index (χ1) is 14.8. The number of hydrogen-bond donors (Lipinski definition) is 0. The Balaban J connectivity index is 1.93. The minimum atomic E-state index is -0.592. The summed E-state index contributed by atoms with van der Waals surface area (Å²) in [5.41, 5.74) is 1.36. The Labute approximate surface area is 196 Å². The number of halogens is 2. The molecule has 1 aliphatic rings. The average molecular weight is 493 g/mol. The molecule has 1 atom stereocenters. The van der Waals surface area contributed by atoms with Crippen molar-refractivity contribution in [3.05, 3.63) is 87.2 Å². The molecule has 1 aromatic carbocycles. The number of ether oxygens (including phenoxy) is 1. The van der Waals surface area contributed by atoms with Crippen molar-refractivity contribution in [1.29, 1.82) is 0 Å². The molecule has 0 fully saturated rings. The van der Waals surface area contributed by atoms with Crippen LogP contribution in [-0.2, 0) is 9.53 Å². The summed E-state index contributed by atoms with van der Waals surface area (Å²) in [4.78, 5) is 32.3. The number of thiophene rings is 1. The second-order valence-corrected chi connectivity index (χ2v) is 10.0. The largest absolute Gasteiger partial charge is 0.459 e. The van der Waals surface area contributed by atoms with Crippen molar-refractivity contribution in [2.24, 2.45) is 4.99 Å². The molecule has 0 unspecified atom stereocenters. The van der Waals surface area contributed by atoms with E-state index in [0.29, 0.717) is 36.2 Å². The SMILES string of the molecule is CC1=C(C(=O)OC(C)C)[C@H](c2cccs2)n2c(s/c(=C/c3ccc(Cl)cc3Cl)c2=O)=N1. The van der Waals surface area contributed by atoms with Gasteiger partial charge in [-0.2, -0.15) is 0 Å². The van der Waals surface area contributed by atoms with Crippen LogP contribution < -0.4 is 14.9 Å². The molecule has 3 heterocycles. The number of hydrogen-bond acceptors (Lipinski definition) is 6. The Morgan fingerprint density at radius 2 is 2.06 bits per heavy atom. The predicted octanol–water partition coefficient (Wildman–Crippen LogP) is 4.56. The maximum atomic E-state index is 13.4. The molecule has 5 nitrogen and oxygen atoms in total. The molecule has 0 saturated heterocycles. The highest BCUT2D eigenvalue weighted by Gasteiger charge is 2.34. The molecule has 3 aromatic rings. The second-order valence-electron chi connectivity index (χ2n) is 7.22. The van der Waals surface area contributed by atoms with Crippen LogP contribution in [0.4, 0.5) is 0 Å². The van der Waals surface area contributed by atoms with Gasteiger partial charge in [0.15, 0.2) is 4.80 Å². The molecular formula is C22H18Cl2N2O3S2. The Kier molecular flexibility index (Phi) is 6.21. The maximum Gasteiger partial charge on any atom is 0.338 e. The summed E-state index contributed by atoms with van der Waals surface area (Å²) in [7, 11) is 0. The zero-order valence-electron chi connectivity index (χ0n) is 16.9. The lowest BCUT2D eigenvalue weighted by Gasteiger charge is -2.24. The molecule has 0 amide bonds. The number of allylic oxidation sites excluding steroid dienone is 1. The van der Waals surface area contributed by atoms with Gasteiger partial charge in [-0.1, -0.05) is 46.7 Å². The first kappa shape index (κ1) is 22.0. The number of thiazole rings is 1. The van der Waals surface area contributed by atoms with E-state index in [0.717, 1.165) is 4.88 Å². The number of benzene rings is 1. The Hall–Kier alpha value is -2.19. The predicted molar refractivity (Wildman–Crippen MR) is 126 cm³/mol. The highest BCUT2D eigenvalue weighted by atomic mass is 35.5. The monoisotopic (exact) mass is 492 g/mol. The molecular weight excluding hydrogens is 475 g/mol. The van der Waals surface area contributed by atoms with Gasteiger partial charge in [0.25, 0.3) is 5.56 Å². The minimum absolute atomic E-state index is 0.240. The molecule has 0 spiro atoms. The highest BCUT2D eigenvalue weighted by Crippen LogP contribution is 2.33. The zero-order chi connectivity index (χ0) is 22.3. The third-order valence-corrected chi connectivity index (χ3v) is 7.12. The van der Waals surface area contributed by atoms with E-state index in [1.807, 2.05) is 17.5 Å². The summed E-state index contributed by atoms with van der Waals surface area (Å²) in [5, 5.41) is 2.88. The number of rotatable bonds is 4. The van der Waals surface area contributed by atoms with Gasteiger partial charge in [0, 0.05) is 14.9 Å². The van der Waals surface area contributed by atoms with Gasteiger partial charge in [-0.25, -0.2) is 9.79 Å². The van der Waals surface area contributed by atoms with Crippen molar-refractivity contribution in [3.63, 3.8) is 0 Å². The van der Waals surface area contributed by atoms with Crippen LogP contribution >= 0.6 is 45.9 Å². The van der Waals surface area contributed by atoms with Gasteiger partial charge < -0.3 is 4.74 Å². The van der Waals surface area contributed by atoms with Crippen molar-refractivity contribution in [2.45, 2.75) is 32.9 Å². The topological polar surface area (TPSA) is 60.7 Å². The van der Waals surface area contributed by atoms with Gasteiger partial charge in [-0.05, 0) is 56.0 Å². The van der Waals surface area contributed by atoms with E-state index in [-0.39, 0.29) is 11.7 Å². The first-order valence-electron chi connectivity index (χ1n) is 9.48. The summed E-state index contributed by atoms with van der Waals surface area (Å²) in [6.45, 7) is 5.35. The molecule has 0 bridgehead atoms. The molecule has 31 heavy (non-hydrogen) atoms. The second kappa shape index (κ2) is 8.74. The first-order valence-corrected chi connectivity index (χ1v) is 11.9. The Morgan fingerprint density at radius 3 is 2.71 bits per heavy atom.